The van der Waals surface area contributed by atoms with Crippen molar-refractivity contribution in [3.8, 4) is 22.2 Å². The van der Waals surface area contributed by atoms with Gasteiger partial charge >= 0.3 is 0 Å². The van der Waals surface area contributed by atoms with Crippen molar-refractivity contribution in [2.45, 2.75) is 100 Å². The van der Waals surface area contributed by atoms with Gasteiger partial charge in [-0.1, -0.05) is 32.4 Å². The number of fused-ring (bicyclic) bond motifs is 3. The topological polar surface area (TPSA) is 157 Å². The van der Waals surface area contributed by atoms with Gasteiger partial charge in [0.15, 0.2) is 0 Å². The summed E-state index contributed by atoms with van der Waals surface area (Å²) in [4.78, 5) is 52.6. The second-order valence-corrected chi connectivity index (χ2v) is 17.0. The van der Waals surface area contributed by atoms with Gasteiger partial charge in [-0.05, 0) is 56.6 Å². The Balaban J connectivity index is 1.18. The molecule has 14 heteroatoms. The molecule has 0 bridgehead atoms. The van der Waals surface area contributed by atoms with E-state index in [0.717, 1.165) is 35.4 Å². The Labute approximate surface area is 296 Å². The first kappa shape index (κ1) is 34.4. The van der Waals surface area contributed by atoms with Crippen molar-refractivity contribution < 1.29 is 32.3 Å². The summed E-state index contributed by atoms with van der Waals surface area (Å²) in [5, 5.41) is 5.86. The summed E-state index contributed by atoms with van der Waals surface area (Å²) in [5.74, 6) is -0.268. The number of carbonyl (C=O) groups excluding carboxylic acids is 3. The zero-order valence-electron chi connectivity index (χ0n) is 28.5. The third-order valence-electron chi connectivity index (χ3n) is 10.1. The first-order valence-corrected chi connectivity index (χ1v) is 19.9. The van der Waals surface area contributed by atoms with Crippen LogP contribution < -0.4 is 19.5 Å². The molecule has 0 unspecified atom stereocenters. The standard InChI is InChI=1S/C36H43N5O7S2/c1-21(2)29-20-49-34(38-29)28-17-31(26-14-11-23(47-3)15-27(26)37-28)48-24-16-30-33(43)39-36(35(44)40-50(45,46)25-12-13-25)18-22(36)9-7-5-4-6-8-10-32(42)41(30)19-24/h7,9,11,14-15,17,20-22,24-25,30H,4-6,8,10,12-13,16,18-19H2,1-3H3,(H,39,43)(H,40,44)/b9-7-/t22-,24+,30-,36+/m0/s1. The Morgan fingerprint density at radius 3 is 2.70 bits per heavy atom. The highest BCUT2D eigenvalue weighted by atomic mass is 32.2. The minimum atomic E-state index is -3.82. The molecule has 2 aliphatic heterocycles. The van der Waals surface area contributed by atoms with Crippen LogP contribution in [0.2, 0.25) is 0 Å². The summed E-state index contributed by atoms with van der Waals surface area (Å²) in [6.07, 6.45) is 8.34. The van der Waals surface area contributed by atoms with E-state index >= 15 is 0 Å². The lowest BCUT2D eigenvalue weighted by Gasteiger charge is -2.26. The molecule has 1 saturated heterocycles. The number of rotatable bonds is 8. The highest BCUT2D eigenvalue weighted by Crippen LogP contribution is 2.46. The number of benzene rings is 1. The minimum absolute atomic E-state index is 0.153. The van der Waals surface area contributed by atoms with Gasteiger partial charge in [0.1, 0.15) is 39.9 Å². The second-order valence-electron chi connectivity index (χ2n) is 14.1. The Bertz CT molecular complexity index is 1960. The van der Waals surface area contributed by atoms with Gasteiger partial charge in [0.05, 0.1) is 30.1 Å². The highest BCUT2D eigenvalue weighted by molar-refractivity contribution is 7.91. The number of sulfonamides is 1. The number of pyridine rings is 1. The quantitative estimate of drug-likeness (QED) is 0.311. The summed E-state index contributed by atoms with van der Waals surface area (Å²) in [5.41, 5.74) is 0.876. The lowest BCUT2D eigenvalue weighted by atomic mass is 10.1. The van der Waals surface area contributed by atoms with Crippen LogP contribution in [-0.4, -0.2) is 77.6 Å². The molecular weight excluding hydrogens is 679 g/mol. The molecule has 3 aromatic rings. The van der Waals surface area contributed by atoms with Crippen molar-refractivity contribution in [2.24, 2.45) is 5.92 Å². The van der Waals surface area contributed by atoms with E-state index in [1.165, 1.54) is 11.3 Å². The maximum absolute atomic E-state index is 14.1. The van der Waals surface area contributed by atoms with Gasteiger partial charge in [-0.15, -0.1) is 11.3 Å². The van der Waals surface area contributed by atoms with Crippen LogP contribution in [0.15, 0.2) is 41.8 Å². The van der Waals surface area contributed by atoms with E-state index in [2.05, 4.69) is 23.9 Å². The van der Waals surface area contributed by atoms with Crippen LogP contribution in [0.5, 0.6) is 11.5 Å². The third kappa shape index (κ3) is 6.96. The van der Waals surface area contributed by atoms with Gasteiger partial charge in [0.2, 0.25) is 21.8 Å². The van der Waals surface area contributed by atoms with Crippen LogP contribution in [-0.2, 0) is 24.4 Å². The number of hydrogen-bond donors (Lipinski definition) is 2. The number of nitrogens with one attached hydrogen (secondary N) is 2. The smallest absolute Gasteiger partial charge is 0.259 e. The van der Waals surface area contributed by atoms with Crippen molar-refractivity contribution in [1.82, 2.24) is 24.9 Å². The van der Waals surface area contributed by atoms with E-state index in [9.17, 15) is 22.8 Å². The summed E-state index contributed by atoms with van der Waals surface area (Å²) in [6.45, 7) is 4.35. The molecular formula is C36H43N5O7S2. The molecule has 4 aliphatic rings. The summed E-state index contributed by atoms with van der Waals surface area (Å²) >= 11 is 1.51. The van der Waals surface area contributed by atoms with Gasteiger partial charge in [0.25, 0.3) is 5.91 Å². The number of carbonyl (C=O) groups is 3. The Hall–Kier alpha value is -4.04. The summed E-state index contributed by atoms with van der Waals surface area (Å²) in [7, 11) is -2.23. The fourth-order valence-corrected chi connectivity index (χ4v) is 9.16. The second kappa shape index (κ2) is 13.6. The van der Waals surface area contributed by atoms with E-state index in [1.54, 1.807) is 12.0 Å². The van der Waals surface area contributed by atoms with Crippen molar-refractivity contribution in [2.75, 3.05) is 13.7 Å². The molecule has 4 atom stereocenters. The number of aromatic nitrogens is 2. The predicted molar refractivity (Wildman–Crippen MR) is 189 cm³/mol. The monoisotopic (exact) mass is 721 g/mol. The SMILES string of the molecule is COc1ccc2c(O[C@@H]3C[C@H]4C(=O)N[C@]5(C(=O)NS(=O)(=O)C6CC6)C[C@@H]5/C=C\CCCCCC(=O)N4C3)cc(-c3nc(C(C)C)cs3)nc2c1. The Morgan fingerprint density at radius 1 is 1.14 bits per heavy atom. The molecule has 266 valence electrons. The molecule has 4 heterocycles. The van der Waals surface area contributed by atoms with Gasteiger partial charge in [0, 0.05) is 41.7 Å². The highest BCUT2D eigenvalue weighted by Gasteiger charge is 2.62. The van der Waals surface area contributed by atoms with Gasteiger partial charge in [-0.2, -0.15) is 0 Å². The molecule has 7 rings (SSSR count). The average molecular weight is 722 g/mol. The number of hydrogen-bond acceptors (Lipinski definition) is 10. The lowest BCUT2D eigenvalue weighted by Crippen LogP contribution is -2.56. The number of amides is 3. The third-order valence-corrected chi connectivity index (χ3v) is 12.8. The normalized spacial score (nSPS) is 26.5. The molecule has 1 aromatic carbocycles. The molecule has 12 nitrogen and oxygen atoms in total. The summed E-state index contributed by atoms with van der Waals surface area (Å²) < 4.78 is 39.8. The lowest BCUT2D eigenvalue weighted by molar-refractivity contribution is -0.139. The maximum atomic E-state index is 14.1. The zero-order chi connectivity index (χ0) is 35.2. The van der Waals surface area contributed by atoms with E-state index in [-0.39, 0.29) is 37.1 Å². The Kier molecular flexibility index (Phi) is 9.35. The van der Waals surface area contributed by atoms with Crippen LogP contribution in [0.25, 0.3) is 21.6 Å². The maximum Gasteiger partial charge on any atom is 0.259 e. The Morgan fingerprint density at radius 2 is 1.96 bits per heavy atom. The van der Waals surface area contributed by atoms with Crippen LogP contribution in [0.3, 0.4) is 0 Å². The number of nitrogens with zero attached hydrogens (tertiary/aromatic N) is 3. The van der Waals surface area contributed by atoms with Crippen LogP contribution in [0.1, 0.15) is 83.2 Å². The zero-order valence-corrected chi connectivity index (χ0v) is 30.1. The molecule has 2 N–H and O–H groups in total. The fraction of sp³-hybridized carbons (Fsp3) is 0.528. The molecule has 2 aromatic heterocycles. The molecule has 50 heavy (non-hydrogen) atoms. The van der Waals surface area contributed by atoms with Gasteiger partial charge in [-0.25, -0.2) is 18.4 Å². The molecule has 3 amide bonds. The molecule has 3 fully saturated rings. The fourth-order valence-electron chi connectivity index (χ4n) is 6.85. The minimum Gasteiger partial charge on any atom is -0.497 e. The van der Waals surface area contributed by atoms with Gasteiger partial charge in [-0.3, -0.25) is 19.1 Å². The average Bonchev–Trinajstić information content (AvgIpc) is 3.96. The number of thiazole rings is 1. The molecule has 0 spiro atoms. The van der Waals surface area contributed by atoms with Crippen molar-refractivity contribution in [3.63, 3.8) is 0 Å². The van der Waals surface area contributed by atoms with Crippen molar-refractivity contribution >= 4 is 50.0 Å². The van der Waals surface area contributed by atoms with Crippen molar-refractivity contribution in [3.05, 3.63) is 47.5 Å². The van der Waals surface area contributed by atoms with Crippen LogP contribution >= 0.6 is 11.3 Å². The summed E-state index contributed by atoms with van der Waals surface area (Å²) in [6, 6.07) is 6.51. The van der Waals surface area contributed by atoms with Crippen molar-refractivity contribution in [1.29, 1.82) is 0 Å². The van der Waals surface area contributed by atoms with E-state index in [4.69, 9.17) is 19.4 Å². The number of methoxy groups -OCH3 is 1. The molecule has 2 saturated carbocycles. The van der Waals surface area contributed by atoms with E-state index < -0.39 is 44.8 Å². The van der Waals surface area contributed by atoms with Gasteiger partial charge < -0.3 is 19.7 Å². The largest absolute Gasteiger partial charge is 0.497 e. The first-order valence-electron chi connectivity index (χ1n) is 17.4. The molecule has 2 aliphatic carbocycles. The first-order chi connectivity index (χ1) is 24.0. The van der Waals surface area contributed by atoms with E-state index in [0.29, 0.717) is 48.4 Å². The molecule has 0 radical (unpaired) electrons. The number of ether oxygens (including phenoxy) is 2. The predicted octanol–water partition coefficient (Wildman–Crippen LogP) is 4.84. The van der Waals surface area contributed by atoms with E-state index in [1.807, 2.05) is 41.8 Å². The van der Waals surface area contributed by atoms with Crippen LogP contribution in [0.4, 0.5) is 0 Å². The van der Waals surface area contributed by atoms with Crippen LogP contribution in [0, 0.1) is 5.92 Å². The number of allylic oxidation sites excluding steroid dienone is 1.